The van der Waals surface area contributed by atoms with Crippen LogP contribution in [0.25, 0.3) is 0 Å². The van der Waals surface area contributed by atoms with Crippen molar-refractivity contribution in [2.75, 3.05) is 26.3 Å². The average Bonchev–Trinajstić information content (AvgIpc) is 3.08. The second-order valence-electron chi connectivity index (χ2n) is 6.47. The Morgan fingerprint density at radius 3 is 2.62 bits per heavy atom. The molecule has 0 saturated heterocycles. The summed E-state index contributed by atoms with van der Waals surface area (Å²) in [6.07, 6.45) is 5.83. The molecule has 1 heterocycles. The molecular weight excluding hydrogens is 417 g/mol. The molecule has 1 aliphatic carbocycles. The van der Waals surface area contributed by atoms with E-state index in [4.69, 9.17) is 15.2 Å². The molecule has 0 spiro atoms. The molecule has 0 amide bonds. The lowest BCUT2D eigenvalue weighted by Crippen LogP contribution is -2.35. The van der Waals surface area contributed by atoms with E-state index in [1.807, 2.05) is 6.07 Å². The Morgan fingerprint density at radius 2 is 1.92 bits per heavy atom. The smallest absolute Gasteiger partial charge is 0.188 e. The molecule has 1 aromatic carbocycles. The lowest BCUT2D eigenvalue weighted by molar-refractivity contribution is 0.171. The summed E-state index contributed by atoms with van der Waals surface area (Å²) in [7, 11) is 0. The van der Waals surface area contributed by atoms with Crippen molar-refractivity contribution in [2.45, 2.75) is 44.4 Å². The standard InChI is InChI=1S/C18H27N3O2.HI/c1-2-9-20-17(19)21-13-18(7-3-4-8-18)14-5-6-15-16(12-14)23-11-10-22-15;/h5-6,12H,2-4,7-11,13H2,1H3,(H3,19,20,21);1H. The SMILES string of the molecule is CCCNC(N)=NCC1(c2ccc3c(c2)OCCO3)CCCC1.I. The van der Waals surface area contributed by atoms with Gasteiger partial charge in [-0.25, -0.2) is 0 Å². The van der Waals surface area contributed by atoms with Crippen molar-refractivity contribution in [3.8, 4) is 11.5 Å². The molecule has 3 rings (SSSR count). The predicted molar refractivity (Wildman–Crippen MR) is 108 cm³/mol. The van der Waals surface area contributed by atoms with Crippen LogP contribution in [0.3, 0.4) is 0 Å². The fourth-order valence-electron chi connectivity index (χ4n) is 3.51. The molecule has 0 atom stereocenters. The molecule has 24 heavy (non-hydrogen) atoms. The van der Waals surface area contributed by atoms with Gasteiger partial charge in [-0.15, -0.1) is 24.0 Å². The van der Waals surface area contributed by atoms with E-state index in [0.717, 1.165) is 43.9 Å². The lowest BCUT2D eigenvalue weighted by Gasteiger charge is -2.29. The van der Waals surface area contributed by atoms with Crippen molar-refractivity contribution in [2.24, 2.45) is 10.7 Å². The van der Waals surface area contributed by atoms with Crippen molar-refractivity contribution in [3.05, 3.63) is 23.8 Å². The zero-order valence-electron chi connectivity index (χ0n) is 14.3. The van der Waals surface area contributed by atoms with Gasteiger partial charge in [-0.1, -0.05) is 25.8 Å². The Morgan fingerprint density at radius 1 is 1.21 bits per heavy atom. The van der Waals surface area contributed by atoms with Crippen molar-refractivity contribution in [1.82, 2.24) is 5.32 Å². The van der Waals surface area contributed by atoms with Crippen LogP contribution in [-0.4, -0.2) is 32.3 Å². The Hall–Kier alpha value is -1.18. The van der Waals surface area contributed by atoms with Crippen LogP contribution in [-0.2, 0) is 5.41 Å². The highest BCUT2D eigenvalue weighted by molar-refractivity contribution is 14.0. The molecular formula is C18H28IN3O2. The minimum atomic E-state index is 0. The molecule has 0 aromatic heterocycles. The molecule has 1 saturated carbocycles. The van der Waals surface area contributed by atoms with E-state index >= 15 is 0 Å². The Kier molecular flexibility index (Phi) is 7.01. The van der Waals surface area contributed by atoms with Gasteiger partial charge in [-0.05, 0) is 37.0 Å². The number of guanidine groups is 1. The number of rotatable bonds is 5. The molecule has 6 heteroatoms. The largest absolute Gasteiger partial charge is 0.486 e. The van der Waals surface area contributed by atoms with Gasteiger partial charge >= 0.3 is 0 Å². The zero-order valence-corrected chi connectivity index (χ0v) is 16.7. The van der Waals surface area contributed by atoms with Crippen molar-refractivity contribution < 1.29 is 9.47 Å². The van der Waals surface area contributed by atoms with E-state index in [0.29, 0.717) is 19.2 Å². The third kappa shape index (κ3) is 4.26. The molecule has 2 aliphatic rings. The molecule has 1 aliphatic heterocycles. The van der Waals surface area contributed by atoms with Gasteiger partial charge in [-0.2, -0.15) is 0 Å². The number of benzene rings is 1. The third-order valence-electron chi connectivity index (χ3n) is 4.82. The molecule has 1 aromatic rings. The summed E-state index contributed by atoms with van der Waals surface area (Å²) in [5, 5.41) is 3.16. The Balaban J connectivity index is 0.00000208. The van der Waals surface area contributed by atoms with Gasteiger partial charge in [0.1, 0.15) is 13.2 Å². The van der Waals surface area contributed by atoms with E-state index in [2.05, 4.69) is 29.4 Å². The van der Waals surface area contributed by atoms with E-state index in [1.54, 1.807) is 0 Å². The van der Waals surface area contributed by atoms with Crippen molar-refractivity contribution >= 4 is 29.9 Å². The van der Waals surface area contributed by atoms with Crippen LogP contribution in [0, 0.1) is 0 Å². The molecule has 5 nitrogen and oxygen atoms in total. The summed E-state index contributed by atoms with van der Waals surface area (Å²) in [6.45, 7) is 4.96. The van der Waals surface area contributed by atoms with Gasteiger partial charge in [0, 0.05) is 12.0 Å². The number of nitrogens with zero attached hydrogens (tertiary/aromatic N) is 1. The quantitative estimate of drug-likeness (QED) is 0.415. The molecule has 0 bridgehead atoms. The number of ether oxygens (including phenoxy) is 2. The van der Waals surface area contributed by atoms with E-state index in [-0.39, 0.29) is 29.4 Å². The van der Waals surface area contributed by atoms with E-state index < -0.39 is 0 Å². The summed E-state index contributed by atoms with van der Waals surface area (Å²) < 4.78 is 11.4. The minimum absolute atomic E-state index is 0. The minimum Gasteiger partial charge on any atom is -0.486 e. The van der Waals surface area contributed by atoms with Gasteiger partial charge in [0.05, 0.1) is 6.54 Å². The van der Waals surface area contributed by atoms with Crippen LogP contribution in [0.5, 0.6) is 11.5 Å². The molecule has 1 fully saturated rings. The first kappa shape index (κ1) is 19.1. The van der Waals surface area contributed by atoms with Crippen LogP contribution in [0.4, 0.5) is 0 Å². The summed E-state index contributed by atoms with van der Waals surface area (Å²) in [5.74, 6) is 2.26. The molecule has 0 unspecified atom stereocenters. The van der Waals surface area contributed by atoms with E-state index in [1.165, 1.54) is 18.4 Å². The highest BCUT2D eigenvalue weighted by atomic mass is 127. The van der Waals surface area contributed by atoms with Crippen LogP contribution in [0.2, 0.25) is 0 Å². The van der Waals surface area contributed by atoms with E-state index in [9.17, 15) is 0 Å². The number of fused-ring (bicyclic) bond motifs is 1. The number of halogens is 1. The van der Waals surface area contributed by atoms with Gasteiger partial charge in [0.2, 0.25) is 0 Å². The first-order chi connectivity index (χ1) is 11.2. The topological polar surface area (TPSA) is 68.9 Å². The predicted octanol–water partition coefficient (Wildman–Crippen LogP) is 3.20. The number of aliphatic imine (C=N–C) groups is 1. The van der Waals surface area contributed by atoms with Crippen LogP contribution >= 0.6 is 24.0 Å². The maximum absolute atomic E-state index is 5.98. The second kappa shape index (κ2) is 8.78. The zero-order chi connectivity index (χ0) is 16.1. The Bertz CT molecular complexity index is 571. The highest BCUT2D eigenvalue weighted by Crippen LogP contribution is 2.44. The average molecular weight is 445 g/mol. The van der Waals surface area contributed by atoms with Crippen LogP contribution in [0.15, 0.2) is 23.2 Å². The monoisotopic (exact) mass is 445 g/mol. The first-order valence-electron chi connectivity index (χ1n) is 8.67. The van der Waals surface area contributed by atoms with Gasteiger partial charge in [0.25, 0.3) is 0 Å². The number of hydrogen-bond donors (Lipinski definition) is 2. The van der Waals surface area contributed by atoms with Crippen LogP contribution < -0.4 is 20.5 Å². The number of nitrogens with one attached hydrogen (secondary N) is 1. The normalized spacial score (nSPS) is 18.8. The lowest BCUT2D eigenvalue weighted by atomic mass is 9.79. The highest BCUT2D eigenvalue weighted by Gasteiger charge is 2.36. The summed E-state index contributed by atoms with van der Waals surface area (Å²) in [4.78, 5) is 4.62. The summed E-state index contributed by atoms with van der Waals surface area (Å²) in [6, 6.07) is 6.35. The molecule has 0 radical (unpaired) electrons. The number of hydrogen-bond acceptors (Lipinski definition) is 3. The van der Waals surface area contributed by atoms with Gasteiger partial charge in [-0.3, -0.25) is 4.99 Å². The fraction of sp³-hybridized carbons (Fsp3) is 0.611. The van der Waals surface area contributed by atoms with Crippen molar-refractivity contribution in [1.29, 1.82) is 0 Å². The van der Waals surface area contributed by atoms with Gasteiger partial charge < -0.3 is 20.5 Å². The first-order valence-corrected chi connectivity index (χ1v) is 8.67. The maximum atomic E-state index is 5.98. The maximum Gasteiger partial charge on any atom is 0.188 e. The van der Waals surface area contributed by atoms with Crippen LogP contribution in [0.1, 0.15) is 44.6 Å². The summed E-state index contributed by atoms with van der Waals surface area (Å²) in [5.41, 5.74) is 7.36. The fourth-order valence-corrected chi connectivity index (χ4v) is 3.51. The number of nitrogens with two attached hydrogens (primary N) is 1. The Labute approximate surface area is 161 Å². The third-order valence-corrected chi connectivity index (χ3v) is 4.82. The van der Waals surface area contributed by atoms with Crippen molar-refractivity contribution in [3.63, 3.8) is 0 Å². The second-order valence-corrected chi connectivity index (χ2v) is 6.47. The molecule has 134 valence electrons. The van der Waals surface area contributed by atoms with Gasteiger partial charge in [0.15, 0.2) is 17.5 Å². The summed E-state index contributed by atoms with van der Waals surface area (Å²) >= 11 is 0. The molecule has 3 N–H and O–H groups in total.